The van der Waals surface area contributed by atoms with E-state index in [-0.39, 0.29) is 29.7 Å². The van der Waals surface area contributed by atoms with Crippen molar-refractivity contribution in [3.8, 4) is 0 Å². The molecule has 4 rings (SSSR count). The molecule has 2 aromatic rings. The van der Waals surface area contributed by atoms with Gasteiger partial charge in [-0.2, -0.15) is 0 Å². The van der Waals surface area contributed by atoms with Crippen LogP contribution in [0.5, 0.6) is 0 Å². The van der Waals surface area contributed by atoms with Crippen LogP contribution in [-0.2, 0) is 14.3 Å². The summed E-state index contributed by atoms with van der Waals surface area (Å²) >= 11 is 0. The topological polar surface area (TPSA) is 87.2 Å². The third-order valence-corrected chi connectivity index (χ3v) is 5.82. The quantitative estimate of drug-likeness (QED) is 0.533. The van der Waals surface area contributed by atoms with Crippen LogP contribution in [0.3, 0.4) is 0 Å². The molecule has 2 aliphatic heterocycles. The van der Waals surface area contributed by atoms with Crippen LogP contribution >= 0.6 is 0 Å². The summed E-state index contributed by atoms with van der Waals surface area (Å²) < 4.78 is 18.6. The third kappa shape index (κ3) is 3.99. The molecular weight excluding hydrogens is 417 g/mol. The van der Waals surface area contributed by atoms with Gasteiger partial charge in [0, 0.05) is 26.2 Å². The molecule has 2 aliphatic rings. The largest absolute Gasteiger partial charge is 0.465 e. The van der Waals surface area contributed by atoms with E-state index < -0.39 is 17.8 Å². The lowest BCUT2D eigenvalue weighted by atomic mass is 10.1. The fraction of sp³-hybridized carbons (Fsp3) is 0.304. The summed E-state index contributed by atoms with van der Waals surface area (Å²) in [4.78, 5) is 54.4. The molecule has 0 saturated carbocycles. The average Bonchev–Trinajstić information content (AvgIpc) is 3.12. The first kappa shape index (κ1) is 21.6. The molecule has 0 spiro atoms. The number of carbonyl (C=O) groups is 4. The SMILES string of the molecule is COC(=O)c1ccc(N2C(=O)CC(N3CCN(C(=O)c4ccccc4F)CC3)C2=O)cc1. The Morgan fingerprint density at radius 3 is 2.25 bits per heavy atom. The normalized spacial score (nSPS) is 19.4. The predicted molar refractivity (Wildman–Crippen MR) is 113 cm³/mol. The second kappa shape index (κ2) is 8.88. The van der Waals surface area contributed by atoms with Gasteiger partial charge in [-0.3, -0.25) is 19.3 Å². The number of piperazine rings is 1. The van der Waals surface area contributed by atoms with E-state index >= 15 is 0 Å². The van der Waals surface area contributed by atoms with Crippen molar-refractivity contribution in [3.63, 3.8) is 0 Å². The summed E-state index contributed by atoms with van der Waals surface area (Å²) in [5, 5.41) is 0. The first-order chi connectivity index (χ1) is 15.4. The zero-order chi connectivity index (χ0) is 22.8. The lowest BCUT2D eigenvalue weighted by Crippen LogP contribution is -2.54. The monoisotopic (exact) mass is 439 g/mol. The number of benzene rings is 2. The van der Waals surface area contributed by atoms with Gasteiger partial charge in [0.05, 0.1) is 36.4 Å². The number of ether oxygens (including phenoxy) is 1. The number of anilines is 1. The Balaban J connectivity index is 1.41. The lowest BCUT2D eigenvalue weighted by Gasteiger charge is -2.37. The number of esters is 1. The number of hydrogen-bond donors (Lipinski definition) is 0. The lowest BCUT2D eigenvalue weighted by molar-refractivity contribution is -0.123. The van der Waals surface area contributed by atoms with Crippen molar-refractivity contribution in [2.75, 3.05) is 38.2 Å². The molecule has 1 atom stereocenters. The highest BCUT2D eigenvalue weighted by Gasteiger charge is 2.43. The molecular formula is C23H22FN3O5. The summed E-state index contributed by atoms with van der Waals surface area (Å²) in [6.45, 7) is 1.47. The predicted octanol–water partition coefficient (Wildman–Crippen LogP) is 1.70. The molecule has 2 aromatic carbocycles. The molecule has 0 N–H and O–H groups in total. The molecule has 2 fully saturated rings. The number of halogens is 1. The van der Waals surface area contributed by atoms with Crippen molar-refractivity contribution in [1.29, 1.82) is 0 Å². The maximum absolute atomic E-state index is 13.9. The van der Waals surface area contributed by atoms with Gasteiger partial charge in [-0.1, -0.05) is 12.1 Å². The van der Waals surface area contributed by atoms with E-state index in [2.05, 4.69) is 4.74 Å². The zero-order valence-electron chi connectivity index (χ0n) is 17.5. The van der Waals surface area contributed by atoms with Crippen molar-refractivity contribution < 1.29 is 28.3 Å². The zero-order valence-corrected chi connectivity index (χ0v) is 17.5. The minimum Gasteiger partial charge on any atom is -0.465 e. The molecule has 3 amide bonds. The Morgan fingerprint density at radius 1 is 0.969 bits per heavy atom. The number of hydrogen-bond acceptors (Lipinski definition) is 6. The van der Waals surface area contributed by atoms with Crippen molar-refractivity contribution in [3.05, 3.63) is 65.5 Å². The molecule has 0 radical (unpaired) electrons. The van der Waals surface area contributed by atoms with E-state index in [1.165, 1.54) is 49.6 Å². The van der Waals surface area contributed by atoms with E-state index in [1.54, 1.807) is 11.0 Å². The summed E-state index contributed by atoms with van der Waals surface area (Å²) in [7, 11) is 1.28. The standard InChI is InChI=1S/C23H22FN3O5/c1-32-23(31)15-6-8-16(9-7-15)27-20(28)14-19(22(27)30)25-10-12-26(13-11-25)21(29)17-4-2-3-5-18(17)24/h2-9,19H,10-14H2,1H3. The van der Waals surface area contributed by atoms with Crippen LogP contribution in [0.25, 0.3) is 0 Å². The number of nitrogens with zero attached hydrogens (tertiary/aromatic N) is 3. The minimum absolute atomic E-state index is 0.0228. The van der Waals surface area contributed by atoms with Gasteiger partial charge in [-0.05, 0) is 36.4 Å². The fourth-order valence-corrected chi connectivity index (χ4v) is 4.08. The molecule has 2 heterocycles. The Hall–Kier alpha value is -3.59. The van der Waals surface area contributed by atoms with E-state index in [1.807, 2.05) is 4.90 Å². The van der Waals surface area contributed by atoms with Crippen molar-refractivity contribution in [2.24, 2.45) is 0 Å². The Bertz CT molecular complexity index is 1060. The summed E-state index contributed by atoms with van der Waals surface area (Å²) in [5.74, 6) is -2.11. The molecule has 0 aromatic heterocycles. The van der Waals surface area contributed by atoms with Gasteiger partial charge >= 0.3 is 5.97 Å². The highest BCUT2D eigenvalue weighted by molar-refractivity contribution is 6.22. The van der Waals surface area contributed by atoms with Crippen molar-refractivity contribution >= 4 is 29.4 Å². The smallest absolute Gasteiger partial charge is 0.337 e. The molecule has 1 unspecified atom stereocenters. The fourth-order valence-electron chi connectivity index (χ4n) is 4.08. The van der Waals surface area contributed by atoms with Gasteiger partial charge in [0.25, 0.3) is 11.8 Å². The van der Waals surface area contributed by atoms with Crippen LogP contribution < -0.4 is 4.90 Å². The van der Waals surface area contributed by atoms with Gasteiger partial charge in [0.1, 0.15) is 5.82 Å². The highest BCUT2D eigenvalue weighted by atomic mass is 19.1. The first-order valence-corrected chi connectivity index (χ1v) is 10.2. The summed E-state index contributed by atoms with van der Waals surface area (Å²) in [6.07, 6.45) is 0.0405. The van der Waals surface area contributed by atoms with Gasteiger partial charge in [-0.15, -0.1) is 0 Å². The number of imide groups is 1. The Labute approximate surface area is 184 Å². The average molecular weight is 439 g/mol. The van der Waals surface area contributed by atoms with Gasteiger partial charge in [0.2, 0.25) is 5.91 Å². The van der Waals surface area contributed by atoms with Crippen molar-refractivity contribution in [2.45, 2.75) is 12.5 Å². The van der Waals surface area contributed by atoms with E-state index in [4.69, 9.17) is 0 Å². The molecule has 0 aliphatic carbocycles. The molecule has 8 nitrogen and oxygen atoms in total. The molecule has 2 saturated heterocycles. The van der Waals surface area contributed by atoms with Crippen molar-refractivity contribution in [1.82, 2.24) is 9.80 Å². The van der Waals surface area contributed by atoms with Crippen LogP contribution in [0.15, 0.2) is 48.5 Å². The van der Waals surface area contributed by atoms with E-state index in [9.17, 15) is 23.6 Å². The third-order valence-electron chi connectivity index (χ3n) is 5.82. The maximum atomic E-state index is 13.9. The maximum Gasteiger partial charge on any atom is 0.337 e. The van der Waals surface area contributed by atoms with E-state index in [0.29, 0.717) is 37.4 Å². The number of amides is 3. The Morgan fingerprint density at radius 2 is 1.62 bits per heavy atom. The number of methoxy groups -OCH3 is 1. The Kier molecular flexibility index (Phi) is 6.00. The van der Waals surface area contributed by atoms with Crippen LogP contribution in [0, 0.1) is 5.82 Å². The van der Waals surface area contributed by atoms with Crippen LogP contribution in [0.1, 0.15) is 27.1 Å². The second-order valence-electron chi connectivity index (χ2n) is 7.63. The molecule has 0 bridgehead atoms. The molecule has 32 heavy (non-hydrogen) atoms. The second-order valence-corrected chi connectivity index (χ2v) is 7.63. The van der Waals surface area contributed by atoms with Crippen LogP contribution in [0.2, 0.25) is 0 Å². The van der Waals surface area contributed by atoms with Gasteiger partial charge in [-0.25, -0.2) is 14.1 Å². The molecule has 9 heteroatoms. The number of rotatable bonds is 4. The molecule has 166 valence electrons. The first-order valence-electron chi connectivity index (χ1n) is 10.2. The van der Waals surface area contributed by atoms with Gasteiger partial charge in [0.15, 0.2) is 0 Å². The van der Waals surface area contributed by atoms with Crippen LogP contribution in [-0.4, -0.2) is 72.8 Å². The van der Waals surface area contributed by atoms with E-state index in [0.717, 1.165) is 4.90 Å². The summed E-state index contributed by atoms with van der Waals surface area (Å²) in [5.41, 5.74) is 0.737. The van der Waals surface area contributed by atoms with Gasteiger partial charge < -0.3 is 9.64 Å². The number of carbonyl (C=O) groups excluding carboxylic acids is 4. The minimum atomic E-state index is -0.617. The highest BCUT2D eigenvalue weighted by Crippen LogP contribution is 2.27. The van der Waals surface area contributed by atoms with Crippen LogP contribution in [0.4, 0.5) is 10.1 Å². The summed E-state index contributed by atoms with van der Waals surface area (Å²) in [6, 6.07) is 11.3.